The Kier molecular flexibility index (Phi) is 2.30. The van der Waals surface area contributed by atoms with E-state index in [-0.39, 0.29) is 0 Å². The molecule has 1 aromatic heterocycles. The molecule has 2 rings (SSSR count). The van der Waals surface area contributed by atoms with Gasteiger partial charge in [0.2, 0.25) is 0 Å². The Morgan fingerprint density at radius 2 is 2.38 bits per heavy atom. The Morgan fingerprint density at radius 3 is 3.15 bits per heavy atom. The lowest BCUT2D eigenvalue weighted by Crippen LogP contribution is -1.79. The van der Waals surface area contributed by atoms with Crippen molar-refractivity contribution in [3.05, 3.63) is 27.7 Å². The number of thiazole rings is 1. The second kappa shape index (κ2) is 3.44. The lowest BCUT2D eigenvalue weighted by atomic mass is 10.2. The highest BCUT2D eigenvalue weighted by Crippen LogP contribution is 2.26. The molecule has 1 heterocycles. The Morgan fingerprint density at radius 1 is 1.54 bits per heavy atom. The number of rotatable bonds is 1. The van der Waals surface area contributed by atoms with Crippen LogP contribution in [0.15, 0.2) is 22.1 Å². The molecule has 0 saturated heterocycles. The Labute approximate surface area is 88.0 Å². The summed E-state index contributed by atoms with van der Waals surface area (Å²) in [6.45, 7) is 0. The first-order chi connectivity index (χ1) is 6.29. The smallest absolute Gasteiger partial charge is 0.160 e. The van der Waals surface area contributed by atoms with Crippen molar-refractivity contribution in [3.8, 4) is 6.07 Å². The van der Waals surface area contributed by atoms with E-state index in [4.69, 9.17) is 5.26 Å². The monoisotopic (exact) mass is 252 g/mol. The molecule has 0 spiro atoms. The fourth-order valence-corrected chi connectivity index (χ4v) is 2.61. The summed E-state index contributed by atoms with van der Waals surface area (Å²) in [7, 11) is 0. The molecule has 13 heavy (non-hydrogen) atoms. The van der Waals surface area contributed by atoms with Gasteiger partial charge in [-0.3, -0.25) is 0 Å². The van der Waals surface area contributed by atoms with E-state index in [1.165, 1.54) is 0 Å². The third kappa shape index (κ3) is 1.71. The highest BCUT2D eigenvalue weighted by Gasteiger charge is 2.01. The van der Waals surface area contributed by atoms with Crippen LogP contribution in [-0.2, 0) is 6.42 Å². The maximum absolute atomic E-state index is 8.53. The lowest BCUT2D eigenvalue weighted by molar-refractivity contribution is 1.27. The third-order valence-electron chi connectivity index (χ3n) is 1.71. The van der Waals surface area contributed by atoms with Gasteiger partial charge in [0.05, 0.1) is 22.7 Å². The number of nitriles is 1. The molecule has 2 nitrogen and oxygen atoms in total. The molecule has 0 N–H and O–H groups in total. The predicted molar refractivity (Wildman–Crippen MR) is 56.6 cm³/mol. The van der Waals surface area contributed by atoms with Gasteiger partial charge in [-0.15, -0.1) is 11.3 Å². The van der Waals surface area contributed by atoms with Crippen molar-refractivity contribution in [1.82, 2.24) is 4.98 Å². The summed E-state index contributed by atoms with van der Waals surface area (Å²) < 4.78 is 2.01. The quantitative estimate of drug-likeness (QED) is 0.782. The minimum atomic E-state index is 0.464. The number of halogens is 1. The van der Waals surface area contributed by atoms with Crippen molar-refractivity contribution >= 4 is 37.5 Å². The van der Waals surface area contributed by atoms with Gasteiger partial charge in [-0.05, 0) is 33.6 Å². The van der Waals surface area contributed by atoms with E-state index in [0.717, 1.165) is 19.7 Å². The van der Waals surface area contributed by atoms with Gasteiger partial charge in [-0.1, -0.05) is 6.07 Å². The summed E-state index contributed by atoms with van der Waals surface area (Å²) in [6, 6.07) is 8.03. The molecule has 0 fully saturated rings. The maximum Gasteiger partial charge on any atom is 0.160 e. The number of nitrogens with zero attached hydrogens (tertiary/aromatic N) is 2. The Bertz CT molecular complexity index is 484. The minimum absolute atomic E-state index is 0.464. The molecule has 0 radical (unpaired) electrons. The summed E-state index contributed by atoms with van der Waals surface area (Å²) in [5.74, 6) is 0. The highest BCUT2D eigenvalue weighted by molar-refractivity contribution is 9.11. The fraction of sp³-hybridized carbons (Fsp3) is 0.111. The van der Waals surface area contributed by atoms with Gasteiger partial charge in [0.1, 0.15) is 0 Å². The van der Waals surface area contributed by atoms with Crippen LogP contribution in [0.1, 0.15) is 5.56 Å². The topological polar surface area (TPSA) is 36.7 Å². The molecule has 0 saturated carbocycles. The second-order valence-corrected chi connectivity index (χ2v) is 4.91. The van der Waals surface area contributed by atoms with Gasteiger partial charge in [-0.2, -0.15) is 5.26 Å². The number of benzene rings is 1. The maximum atomic E-state index is 8.53. The molecule has 64 valence electrons. The van der Waals surface area contributed by atoms with Crippen molar-refractivity contribution in [3.63, 3.8) is 0 Å². The summed E-state index contributed by atoms with van der Waals surface area (Å²) in [5.41, 5.74) is 2.03. The molecule has 2 aromatic rings. The summed E-state index contributed by atoms with van der Waals surface area (Å²) in [4.78, 5) is 4.27. The van der Waals surface area contributed by atoms with Crippen LogP contribution in [0.4, 0.5) is 0 Å². The van der Waals surface area contributed by atoms with Crippen LogP contribution >= 0.6 is 27.3 Å². The van der Waals surface area contributed by atoms with Crippen LogP contribution in [-0.4, -0.2) is 4.98 Å². The molecule has 4 heteroatoms. The highest BCUT2D eigenvalue weighted by atomic mass is 79.9. The van der Waals surface area contributed by atoms with Gasteiger partial charge in [-0.25, -0.2) is 4.98 Å². The van der Waals surface area contributed by atoms with E-state index in [1.807, 2.05) is 18.2 Å². The van der Waals surface area contributed by atoms with E-state index in [1.54, 1.807) is 11.3 Å². The molecule has 0 aliphatic heterocycles. The predicted octanol–water partition coefficient (Wildman–Crippen LogP) is 3.12. The Balaban J connectivity index is 2.56. The number of fused-ring (bicyclic) bond motifs is 1. The molecule has 0 aliphatic rings. The largest absolute Gasteiger partial charge is 0.229 e. The SMILES string of the molecule is N#CCc1ccc2nc(Br)sc2c1. The minimum Gasteiger partial charge on any atom is -0.229 e. The van der Waals surface area contributed by atoms with Crippen LogP contribution in [0.2, 0.25) is 0 Å². The van der Waals surface area contributed by atoms with Crippen LogP contribution in [0, 0.1) is 11.3 Å². The van der Waals surface area contributed by atoms with Crippen molar-refractivity contribution in [2.45, 2.75) is 6.42 Å². The van der Waals surface area contributed by atoms with E-state index in [2.05, 4.69) is 27.0 Å². The summed E-state index contributed by atoms with van der Waals surface area (Å²) in [6.07, 6.45) is 0.464. The third-order valence-corrected chi connectivity index (χ3v) is 3.18. The number of hydrogen-bond donors (Lipinski definition) is 0. The van der Waals surface area contributed by atoms with Gasteiger partial charge in [0.15, 0.2) is 3.92 Å². The van der Waals surface area contributed by atoms with Crippen LogP contribution in [0.5, 0.6) is 0 Å². The van der Waals surface area contributed by atoms with Gasteiger partial charge in [0, 0.05) is 0 Å². The van der Waals surface area contributed by atoms with Crippen molar-refractivity contribution in [2.75, 3.05) is 0 Å². The zero-order valence-electron chi connectivity index (χ0n) is 6.62. The van der Waals surface area contributed by atoms with Crippen LogP contribution in [0.25, 0.3) is 10.2 Å². The van der Waals surface area contributed by atoms with Crippen molar-refractivity contribution in [1.29, 1.82) is 5.26 Å². The Hall–Kier alpha value is -0.920. The fourth-order valence-electron chi connectivity index (χ4n) is 1.14. The number of hydrogen-bond acceptors (Lipinski definition) is 3. The second-order valence-electron chi connectivity index (χ2n) is 2.60. The molecule has 0 bridgehead atoms. The molecular formula is C9H5BrN2S. The lowest BCUT2D eigenvalue weighted by Gasteiger charge is -1.92. The van der Waals surface area contributed by atoms with Crippen molar-refractivity contribution in [2.24, 2.45) is 0 Å². The first kappa shape index (κ1) is 8.67. The standard InChI is InChI=1S/C9H5BrN2S/c10-9-12-7-2-1-6(3-4-11)5-8(7)13-9/h1-2,5H,3H2. The molecule has 1 aromatic carbocycles. The van der Waals surface area contributed by atoms with Crippen molar-refractivity contribution < 1.29 is 0 Å². The zero-order valence-corrected chi connectivity index (χ0v) is 9.02. The number of aromatic nitrogens is 1. The molecule has 0 unspecified atom stereocenters. The zero-order chi connectivity index (χ0) is 9.26. The van der Waals surface area contributed by atoms with Gasteiger partial charge < -0.3 is 0 Å². The first-order valence-corrected chi connectivity index (χ1v) is 5.32. The average Bonchev–Trinajstić information content (AvgIpc) is 2.44. The normalized spacial score (nSPS) is 10.2. The molecular weight excluding hydrogens is 248 g/mol. The average molecular weight is 253 g/mol. The first-order valence-electron chi connectivity index (χ1n) is 3.71. The van der Waals surface area contributed by atoms with Gasteiger partial charge in [0.25, 0.3) is 0 Å². The summed E-state index contributed by atoms with van der Waals surface area (Å²) >= 11 is 4.92. The van der Waals surface area contributed by atoms with Crippen LogP contribution in [0.3, 0.4) is 0 Å². The van der Waals surface area contributed by atoms with E-state index < -0.39 is 0 Å². The summed E-state index contributed by atoms with van der Waals surface area (Å²) in [5, 5.41) is 8.53. The van der Waals surface area contributed by atoms with Crippen LogP contribution < -0.4 is 0 Å². The molecule has 0 aliphatic carbocycles. The van der Waals surface area contributed by atoms with E-state index in [0.29, 0.717) is 6.42 Å². The molecule has 0 atom stereocenters. The van der Waals surface area contributed by atoms with Gasteiger partial charge >= 0.3 is 0 Å². The molecule has 0 amide bonds. The van der Waals surface area contributed by atoms with E-state index >= 15 is 0 Å². The van der Waals surface area contributed by atoms with E-state index in [9.17, 15) is 0 Å².